The average Bonchev–Trinajstić information content (AvgIpc) is 2.59. The molecule has 0 saturated heterocycles. The van der Waals surface area contributed by atoms with Gasteiger partial charge >= 0.3 is 5.97 Å². The number of benzene rings is 1. The Morgan fingerprint density at radius 3 is 2.26 bits per heavy atom. The van der Waals surface area contributed by atoms with Crippen molar-refractivity contribution in [3.8, 4) is 5.75 Å². The third-order valence-corrected chi connectivity index (χ3v) is 3.27. The van der Waals surface area contributed by atoms with Gasteiger partial charge in [-0.2, -0.15) is 0 Å². The number of aromatic nitrogens is 1. The second-order valence-electron chi connectivity index (χ2n) is 4.74. The van der Waals surface area contributed by atoms with Gasteiger partial charge in [-0.1, -0.05) is 12.1 Å². The Kier molecular flexibility index (Phi) is 5.27. The fraction of sp³-hybridized carbons (Fsp3) is 0.188. The lowest BCUT2D eigenvalue weighted by molar-refractivity contribution is -0.142. The van der Waals surface area contributed by atoms with Crippen LogP contribution in [0.1, 0.15) is 22.0 Å². The van der Waals surface area contributed by atoms with Crippen molar-refractivity contribution in [1.82, 2.24) is 10.3 Å². The summed E-state index contributed by atoms with van der Waals surface area (Å²) in [5.41, 5.74) is 0.612. The standard InChI is InChI=1S/C16H16N2O5/c1-23-12-4-2-10(3-5-12)14(19)13(16(21)22)18-15(20)11-6-8-17-9-7-11/h2-9,13-14,19H,1H3,(H,18,20)(H,21,22). The zero-order chi connectivity index (χ0) is 16.8. The number of methoxy groups -OCH3 is 1. The van der Waals surface area contributed by atoms with Gasteiger partial charge in [-0.05, 0) is 29.8 Å². The maximum Gasteiger partial charge on any atom is 0.329 e. The van der Waals surface area contributed by atoms with E-state index >= 15 is 0 Å². The summed E-state index contributed by atoms with van der Waals surface area (Å²) in [6.45, 7) is 0. The first-order valence-corrected chi connectivity index (χ1v) is 6.78. The highest BCUT2D eigenvalue weighted by Crippen LogP contribution is 2.21. The van der Waals surface area contributed by atoms with Crippen molar-refractivity contribution in [2.24, 2.45) is 0 Å². The number of aliphatic hydroxyl groups is 1. The van der Waals surface area contributed by atoms with Crippen molar-refractivity contribution in [2.45, 2.75) is 12.1 Å². The number of hydrogen-bond acceptors (Lipinski definition) is 5. The third-order valence-electron chi connectivity index (χ3n) is 3.27. The van der Waals surface area contributed by atoms with Gasteiger partial charge in [0.15, 0.2) is 6.04 Å². The first-order chi connectivity index (χ1) is 11.0. The second kappa shape index (κ2) is 7.37. The van der Waals surface area contributed by atoms with E-state index in [0.717, 1.165) is 0 Å². The second-order valence-corrected chi connectivity index (χ2v) is 4.74. The minimum atomic E-state index is -1.48. The number of hydrogen-bond donors (Lipinski definition) is 3. The smallest absolute Gasteiger partial charge is 0.329 e. The van der Waals surface area contributed by atoms with Crippen molar-refractivity contribution in [1.29, 1.82) is 0 Å². The van der Waals surface area contributed by atoms with Gasteiger partial charge in [0.1, 0.15) is 11.9 Å². The molecule has 0 bridgehead atoms. The highest BCUT2D eigenvalue weighted by Gasteiger charge is 2.29. The third kappa shape index (κ3) is 4.04. The molecule has 0 saturated carbocycles. The molecule has 3 N–H and O–H groups in total. The Morgan fingerprint density at radius 2 is 1.74 bits per heavy atom. The number of nitrogens with zero attached hydrogens (tertiary/aromatic N) is 1. The van der Waals surface area contributed by atoms with Crippen LogP contribution in [0, 0.1) is 0 Å². The Hall–Kier alpha value is -2.93. The summed E-state index contributed by atoms with van der Waals surface area (Å²) in [5, 5.41) is 21.9. The predicted molar refractivity (Wildman–Crippen MR) is 81.1 cm³/mol. The van der Waals surface area contributed by atoms with Crippen LogP contribution < -0.4 is 10.1 Å². The number of rotatable bonds is 6. The molecule has 0 aliphatic heterocycles. The molecule has 2 atom stereocenters. The summed E-state index contributed by atoms with van der Waals surface area (Å²) < 4.78 is 5.01. The minimum absolute atomic E-state index is 0.258. The molecule has 7 nitrogen and oxygen atoms in total. The molecule has 1 aromatic heterocycles. The topological polar surface area (TPSA) is 109 Å². The van der Waals surface area contributed by atoms with Crippen molar-refractivity contribution in [3.63, 3.8) is 0 Å². The molecule has 0 radical (unpaired) electrons. The van der Waals surface area contributed by atoms with E-state index in [2.05, 4.69) is 10.3 Å². The molecule has 7 heteroatoms. The average molecular weight is 316 g/mol. The van der Waals surface area contributed by atoms with Gasteiger partial charge in [-0.3, -0.25) is 9.78 Å². The fourth-order valence-electron chi connectivity index (χ4n) is 2.00. The van der Waals surface area contributed by atoms with Crippen LogP contribution in [0.25, 0.3) is 0 Å². The van der Waals surface area contributed by atoms with Gasteiger partial charge in [0, 0.05) is 18.0 Å². The van der Waals surface area contributed by atoms with Crippen LogP contribution in [0.4, 0.5) is 0 Å². The molecule has 1 amide bonds. The Bertz CT molecular complexity index is 673. The molecule has 120 valence electrons. The summed E-state index contributed by atoms with van der Waals surface area (Å²) in [4.78, 5) is 27.2. The number of pyridine rings is 1. The maximum absolute atomic E-state index is 12.1. The maximum atomic E-state index is 12.1. The molecule has 1 aromatic carbocycles. The van der Waals surface area contributed by atoms with Gasteiger partial charge < -0.3 is 20.3 Å². The lowest BCUT2D eigenvalue weighted by atomic mass is 10.0. The van der Waals surface area contributed by atoms with Crippen LogP contribution in [0.2, 0.25) is 0 Å². The number of amides is 1. The molecule has 0 aliphatic rings. The number of aliphatic carboxylic acids is 1. The molecule has 2 rings (SSSR count). The zero-order valence-electron chi connectivity index (χ0n) is 12.3. The van der Waals surface area contributed by atoms with E-state index in [1.807, 2.05) is 0 Å². The molecule has 2 aromatic rings. The summed E-state index contributed by atoms with van der Waals surface area (Å²) in [7, 11) is 1.50. The van der Waals surface area contributed by atoms with Crippen LogP contribution in [0.5, 0.6) is 5.75 Å². The number of aliphatic hydroxyl groups excluding tert-OH is 1. The summed E-state index contributed by atoms with van der Waals surface area (Å²) in [6.07, 6.45) is 1.44. The lowest BCUT2D eigenvalue weighted by Crippen LogP contribution is -2.45. The predicted octanol–water partition coefficient (Wildman–Crippen LogP) is 1.01. The Labute approximate surface area is 132 Å². The van der Waals surface area contributed by atoms with E-state index < -0.39 is 24.0 Å². The first-order valence-electron chi connectivity index (χ1n) is 6.78. The summed E-state index contributed by atoms with van der Waals surface area (Å²) in [6, 6.07) is 7.70. The number of carbonyl (C=O) groups is 2. The fourth-order valence-corrected chi connectivity index (χ4v) is 2.00. The van der Waals surface area contributed by atoms with E-state index in [4.69, 9.17) is 4.74 Å². The van der Waals surface area contributed by atoms with E-state index in [0.29, 0.717) is 11.3 Å². The van der Waals surface area contributed by atoms with Gasteiger partial charge in [0.05, 0.1) is 7.11 Å². The van der Waals surface area contributed by atoms with Crippen LogP contribution in [-0.4, -0.2) is 40.2 Å². The van der Waals surface area contributed by atoms with E-state index in [1.54, 1.807) is 12.1 Å². The Morgan fingerprint density at radius 1 is 1.13 bits per heavy atom. The molecule has 2 unspecified atom stereocenters. The normalized spacial score (nSPS) is 13.0. The number of nitrogens with one attached hydrogen (secondary N) is 1. The van der Waals surface area contributed by atoms with Crippen molar-refractivity contribution in [2.75, 3.05) is 7.11 Å². The van der Waals surface area contributed by atoms with E-state index in [-0.39, 0.29) is 5.56 Å². The van der Waals surface area contributed by atoms with E-state index in [9.17, 15) is 19.8 Å². The molecular weight excluding hydrogens is 300 g/mol. The molecular formula is C16H16N2O5. The van der Waals surface area contributed by atoms with Crippen LogP contribution in [0.3, 0.4) is 0 Å². The van der Waals surface area contributed by atoms with Gasteiger partial charge in [0.25, 0.3) is 5.91 Å². The van der Waals surface area contributed by atoms with Crippen molar-refractivity contribution < 1.29 is 24.5 Å². The van der Waals surface area contributed by atoms with Crippen LogP contribution in [0.15, 0.2) is 48.8 Å². The SMILES string of the molecule is COc1ccc(C(O)C(NC(=O)c2ccncc2)C(=O)O)cc1. The monoisotopic (exact) mass is 316 g/mol. The highest BCUT2D eigenvalue weighted by molar-refractivity contribution is 5.96. The van der Waals surface area contributed by atoms with E-state index in [1.165, 1.54) is 43.8 Å². The molecule has 23 heavy (non-hydrogen) atoms. The van der Waals surface area contributed by atoms with Gasteiger partial charge in [0.2, 0.25) is 0 Å². The number of carboxylic acids is 1. The lowest BCUT2D eigenvalue weighted by Gasteiger charge is -2.21. The van der Waals surface area contributed by atoms with Gasteiger partial charge in [-0.25, -0.2) is 4.79 Å². The van der Waals surface area contributed by atoms with Crippen molar-refractivity contribution in [3.05, 3.63) is 59.9 Å². The Balaban J connectivity index is 2.17. The van der Waals surface area contributed by atoms with Crippen LogP contribution in [-0.2, 0) is 4.79 Å². The summed E-state index contributed by atoms with van der Waals surface area (Å²) >= 11 is 0. The molecule has 1 heterocycles. The van der Waals surface area contributed by atoms with Crippen molar-refractivity contribution >= 4 is 11.9 Å². The van der Waals surface area contributed by atoms with Crippen LogP contribution >= 0.6 is 0 Å². The summed E-state index contributed by atoms with van der Waals surface area (Å²) in [5.74, 6) is -1.36. The number of carbonyl (C=O) groups excluding carboxylic acids is 1. The zero-order valence-corrected chi connectivity index (χ0v) is 12.3. The van der Waals surface area contributed by atoms with Gasteiger partial charge in [-0.15, -0.1) is 0 Å². The minimum Gasteiger partial charge on any atom is -0.497 e. The highest BCUT2D eigenvalue weighted by atomic mass is 16.5. The largest absolute Gasteiger partial charge is 0.497 e. The molecule has 0 aliphatic carbocycles. The number of carboxylic acid groups (broad SMARTS) is 1. The quantitative estimate of drug-likeness (QED) is 0.734. The molecule has 0 spiro atoms. The number of ether oxygens (including phenoxy) is 1. The molecule has 0 fully saturated rings. The first kappa shape index (κ1) is 16.4.